The molecule has 0 aliphatic carbocycles. The van der Waals surface area contributed by atoms with Crippen molar-refractivity contribution in [3.8, 4) is 11.5 Å². The Kier molecular flexibility index (Phi) is 7.46. The highest BCUT2D eigenvalue weighted by Crippen LogP contribution is 2.35. The molecule has 0 aliphatic rings. The second-order valence-electron chi connectivity index (χ2n) is 6.54. The van der Waals surface area contributed by atoms with E-state index in [9.17, 15) is 24.1 Å². The number of rotatable bonds is 9. The highest BCUT2D eigenvalue weighted by atomic mass is 32.2. The van der Waals surface area contributed by atoms with Gasteiger partial charge in [0.15, 0.2) is 18.1 Å². The van der Waals surface area contributed by atoms with Gasteiger partial charge in [-0.1, -0.05) is 23.9 Å². The first-order chi connectivity index (χ1) is 15.8. The molecule has 0 spiro atoms. The van der Waals surface area contributed by atoms with E-state index in [1.165, 1.54) is 55.6 Å². The van der Waals surface area contributed by atoms with E-state index in [2.05, 4.69) is 5.32 Å². The van der Waals surface area contributed by atoms with E-state index in [0.29, 0.717) is 10.6 Å². The van der Waals surface area contributed by atoms with Gasteiger partial charge in [-0.2, -0.15) is 0 Å². The Bertz CT molecular complexity index is 1220. The van der Waals surface area contributed by atoms with E-state index in [-0.39, 0.29) is 27.6 Å². The quantitative estimate of drug-likeness (QED) is 0.356. The highest BCUT2D eigenvalue weighted by molar-refractivity contribution is 7.99. The van der Waals surface area contributed by atoms with Gasteiger partial charge in [0.1, 0.15) is 5.82 Å². The minimum absolute atomic E-state index is 0.0205. The molecule has 0 unspecified atom stereocenters. The summed E-state index contributed by atoms with van der Waals surface area (Å²) in [4.78, 5) is 35.2. The fourth-order valence-corrected chi connectivity index (χ4v) is 3.71. The number of ether oxygens (including phenoxy) is 2. The summed E-state index contributed by atoms with van der Waals surface area (Å²) < 4.78 is 24.6. The van der Waals surface area contributed by atoms with Gasteiger partial charge in [-0.3, -0.25) is 19.7 Å². The summed E-state index contributed by atoms with van der Waals surface area (Å²) in [5.41, 5.74) is 5.06. The lowest BCUT2D eigenvalue weighted by atomic mass is 10.1. The number of halogens is 1. The third kappa shape index (κ3) is 5.98. The molecule has 0 aromatic heterocycles. The summed E-state index contributed by atoms with van der Waals surface area (Å²) in [6.07, 6.45) is 0. The van der Waals surface area contributed by atoms with Crippen molar-refractivity contribution in [2.75, 3.05) is 19.0 Å². The smallest absolute Gasteiger partial charge is 0.270 e. The zero-order chi connectivity index (χ0) is 24.0. The number of carbonyl (C=O) groups is 2. The van der Waals surface area contributed by atoms with Crippen LogP contribution in [0.5, 0.6) is 11.5 Å². The van der Waals surface area contributed by atoms with E-state index >= 15 is 0 Å². The van der Waals surface area contributed by atoms with Gasteiger partial charge >= 0.3 is 0 Å². The molecule has 11 heteroatoms. The van der Waals surface area contributed by atoms with E-state index in [4.69, 9.17) is 15.2 Å². The number of non-ortho nitro benzene ring substituents is 1. The topological polar surface area (TPSA) is 134 Å². The first-order valence-corrected chi connectivity index (χ1v) is 10.2. The number of benzene rings is 3. The molecule has 3 rings (SSSR count). The molecule has 9 nitrogen and oxygen atoms in total. The molecule has 33 heavy (non-hydrogen) atoms. The molecular formula is C22H18FN3O6S. The molecule has 3 aromatic carbocycles. The number of carbonyl (C=O) groups excluding carboxylic acids is 2. The Morgan fingerprint density at radius 3 is 2.52 bits per heavy atom. The summed E-state index contributed by atoms with van der Waals surface area (Å²) in [6.45, 7) is -0.401. The summed E-state index contributed by atoms with van der Waals surface area (Å²) in [5, 5.41) is 13.9. The third-order valence-electron chi connectivity index (χ3n) is 4.27. The maximum atomic E-state index is 14.1. The Morgan fingerprint density at radius 1 is 1.09 bits per heavy atom. The number of nitrogens with one attached hydrogen (secondary N) is 1. The molecule has 0 saturated heterocycles. The van der Waals surface area contributed by atoms with Gasteiger partial charge in [-0.05, 0) is 30.3 Å². The van der Waals surface area contributed by atoms with Gasteiger partial charge in [0.05, 0.1) is 17.6 Å². The van der Waals surface area contributed by atoms with Crippen LogP contribution >= 0.6 is 11.8 Å². The third-order valence-corrected chi connectivity index (χ3v) is 5.39. The molecule has 0 aliphatic heterocycles. The van der Waals surface area contributed by atoms with Crippen LogP contribution < -0.4 is 20.5 Å². The molecule has 170 valence electrons. The first-order valence-electron chi connectivity index (χ1n) is 9.40. The number of hydrogen-bond donors (Lipinski definition) is 2. The van der Waals surface area contributed by atoms with E-state index in [1.54, 1.807) is 6.07 Å². The number of methoxy groups -OCH3 is 1. The average molecular weight is 471 g/mol. The number of nitrogens with zero attached hydrogens (tertiary/aromatic N) is 1. The van der Waals surface area contributed by atoms with E-state index in [0.717, 1.165) is 17.8 Å². The molecule has 0 fully saturated rings. The SMILES string of the molecule is COc1ccc(NC(=O)c2cc([N+](=O)[O-])ccc2Sc2ccccc2F)cc1OCC(N)=O. The van der Waals surface area contributed by atoms with Gasteiger partial charge < -0.3 is 20.5 Å². The number of nitrogens with two attached hydrogens (primary N) is 1. The fraction of sp³-hybridized carbons (Fsp3) is 0.0909. The van der Waals surface area contributed by atoms with Crippen LogP contribution in [0.4, 0.5) is 15.8 Å². The van der Waals surface area contributed by atoms with Crippen molar-refractivity contribution in [2.45, 2.75) is 9.79 Å². The number of hydrogen-bond acceptors (Lipinski definition) is 7. The van der Waals surface area contributed by atoms with Crippen LogP contribution in [0.15, 0.2) is 70.5 Å². The lowest BCUT2D eigenvalue weighted by Crippen LogP contribution is -2.20. The largest absolute Gasteiger partial charge is 0.493 e. The summed E-state index contributed by atoms with van der Waals surface area (Å²) in [6, 6.07) is 14.2. The van der Waals surface area contributed by atoms with E-state index in [1.807, 2.05) is 0 Å². The van der Waals surface area contributed by atoms with Gasteiger partial charge in [0.25, 0.3) is 17.5 Å². The number of primary amides is 1. The van der Waals surface area contributed by atoms with Crippen LogP contribution in [0.1, 0.15) is 10.4 Å². The van der Waals surface area contributed by atoms with Gasteiger partial charge in [-0.15, -0.1) is 0 Å². The summed E-state index contributed by atoms with van der Waals surface area (Å²) in [5.74, 6) is -1.38. The molecule has 0 radical (unpaired) electrons. The highest BCUT2D eigenvalue weighted by Gasteiger charge is 2.19. The second-order valence-corrected chi connectivity index (χ2v) is 7.63. The van der Waals surface area contributed by atoms with Gasteiger partial charge in [0.2, 0.25) is 0 Å². The van der Waals surface area contributed by atoms with Crippen LogP contribution in [-0.4, -0.2) is 30.5 Å². The molecule has 0 atom stereocenters. The zero-order valence-electron chi connectivity index (χ0n) is 17.2. The predicted octanol–water partition coefficient (Wildman–Crippen LogP) is 4.01. The first kappa shape index (κ1) is 23.5. The van der Waals surface area contributed by atoms with Crippen molar-refractivity contribution >= 4 is 35.0 Å². The maximum absolute atomic E-state index is 14.1. The van der Waals surface area contributed by atoms with Crippen LogP contribution in [-0.2, 0) is 4.79 Å². The molecule has 3 aromatic rings. The summed E-state index contributed by atoms with van der Waals surface area (Å²) >= 11 is 0.966. The van der Waals surface area contributed by atoms with Crippen molar-refractivity contribution in [3.05, 3.63) is 82.2 Å². The molecule has 0 heterocycles. The van der Waals surface area contributed by atoms with Gasteiger partial charge in [0, 0.05) is 33.7 Å². The number of anilines is 1. The predicted molar refractivity (Wildman–Crippen MR) is 119 cm³/mol. The number of amides is 2. The average Bonchev–Trinajstić information content (AvgIpc) is 2.79. The minimum Gasteiger partial charge on any atom is -0.493 e. The van der Waals surface area contributed by atoms with Crippen molar-refractivity contribution in [1.29, 1.82) is 0 Å². The Morgan fingerprint density at radius 2 is 1.85 bits per heavy atom. The van der Waals surface area contributed by atoms with Crippen molar-refractivity contribution in [2.24, 2.45) is 5.73 Å². The minimum atomic E-state index is -0.696. The maximum Gasteiger partial charge on any atom is 0.270 e. The monoisotopic (exact) mass is 471 g/mol. The Balaban J connectivity index is 1.93. The molecule has 0 saturated carbocycles. The number of nitro benzene ring substituents is 1. The van der Waals surface area contributed by atoms with Crippen LogP contribution in [0.25, 0.3) is 0 Å². The van der Waals surface area contributed by atoms with Crippen molar-refractivity contribution in [3.63, 3.8) is 0 Å². The van der Waals surface area contributed by atoms with Crippen LogP contribution in [0.3, 0.4) is 0 Å². The zero-order valence-corrected chi connectivity index (χ0v) is 18.1. The normalized spacial score (nSPS) is 10.4. The van der Waals surface area contributed by atoms with Crippen molar-refractivity contribution < 1.29 is 28.4 Å². The lowest BCUT2D eigenvalue weighted by Gasteiger charge is -2.13. The molecule has 0 bridgehead atoms. The Hall–Kier alpha value is -4.12. The lowest BCUT2D eigenvalue weighted by molar-refractivity contribution is -0.384. The Labute approximate surface area is 191 Å². The fourth-order valence-electron chi connectivity index (χ4n) is 2.76. The van der Waals surface area contributed by atoms with Crippen molar-refractivity contribution in [1.82, 2.24) is 0 Å². The molecule has 2 amide bonds. The van der Waals surface area contributed by atoms with Gasteiger partial charge in [-0.25, -0.2) is 4.39 Å². The summed E-state index contributed by atoms with van der Waals surface area (Å²) in [7, 11) is 1.40. The molecule has 3 N–H and O–H groups in total. The second kappa shape index (κ2) is 10.5. The number of nitro groups is 1. The molecular weight excluding hydrogens is 453 g/mol. The standard InChI is InChI=1S/C22H18FN3O6S/c1-31-17-8-6-13(10-18(17)32-12-21(24)27)25-22(28)15-11-14(26(29)30)7-9-19(15)33-20-5-3-2-4-16(20)23/h2-11H,12H2,1H3,(H2,24,27)(H,25,28). The van der Waals surface area contributed by atoms with E-state index < -0.39 is 29.2 Å². The van der Waals surface area contributed by atoms with Crippen LogP contribution in [0.2, 0.25) is 0 Å². The van der Waals surface area contributed by atoms with Crippen LogP contribution in [0, 0.1) is 15.9 Å².